The maximum absolute atomic E-state index is 10.3. The van der Waals surface area contributed by atoms with Crippen LogP contribution in [0.4, 0.5) is 0 Å². The fourth-order valence-corrected chi connectivity index (χ4v) is 2.61. The molecule has 100 valence electrons. The Morgan fingerprint density at radius 2 is 1.82 bits per heavy atom. The highest BCUT2D eigenvalue weighted by molar-refractivity contribution is 5.66. The van der Waals surface area contributed by atoms with Gasteiger partial charge < -0.3 is 10.4 Å². The van der Waals surface area contributed by atoms with E-state index in [1.807, 2.05) is 0 Å². The summed E-state index contributed by atoms with van der Waals surface area (Å²) >= 11 is 0. The van der Waals surface area contributed by atoms with Gasteiger partial charge in [-0.1, -0.05) is 38.5 Å². The molecule has 0 saturated heterocycles. The van der Waals surface area contributed by atoms with Crippen molar-refractivity contribution in [2.45, 2.75) is 64.2 Å². The van der Waals surface area contributed by atoms with E-state index in [1.165, 1.54) is 38.5 Å². The minimum atomic E-state index is -0.671. The molecule has 0 atom stereocenters. The van der Waals surface area contributed by atoms with E-state index in [4.69, 9.17) is 5.11 Å². The van der Waals surface area contributed by atoms with Crippen LogP contribution < -0.4 is 5.32 Å². The molecule has 0 radical (unpaired) electrons. The van der Waals surface area contributed by atoms with Crippen LogP contribution in [0.1, 0.15) is 64.2 Å². The van der Waals surface area contributed by atoms with Gasteiger partial charge in [-0.2, -0.15) is 0 Å². The quantitative estimate of drug-likeness (QED) is 0.609. The minimum absolute atomic E-state index is 0.322. The summed E-state index contributed by atoms with van der Waals surface area (Å²) in [6.07, 6.45) is 11.8. The molecule has 0 heterocycles. The third-order valence-electron chi connectivity index (χ3n) is 3.70. The number of carboxylic acids is 1. The SMILES string of the molecule is O=C(O)CCCCCNCCC1CCCCC1. The lowest BCUT2D eigenvalue weighted by Crippen LogP contribution is -2.20. The summed E-state index contributed by atoms with van der Waals surface area (Å²) in [5.41, 5.74) is 0. The first-order valence-electron chi connectivity index (χ1n) is 7.21. The van der Waals surface area contributed by atoms with Crippen molar-refractivity contribution in [2.24, 2.45) is 5.92 Å². The first-order valence-corrected chi connectivity index (χ1v) is 7.21. The molecule has 3 nitrogen and oxygen atoms in total. The molecule has 1 aliphatic carbocycles. The minimum Gasteiger partial charge on any atom is -0.481 e. The molecule has 0 aromatic heterocycles. The van der Waals surface area contributed by atoms with Gasteiger partial charge in [0.25, 0.3) is 0 Å². The Morgan fingerprint density at radius 3 is 2.53 bits per heavy atom. The van der Waals surface area contributed by atoms with Crippen molar-refractivity contribution in [1.29, 1.82) is 0 Å². The Morgan fingerprint density at radius 1 is 1.06 bits per heavy atom. The average Bonchev–Trinajstić information content (AvgIpc) is 2.33. The molecule has 1 rings (SSSR count). The van der Waals surface area contributed by atoms with Gasteiger partial charge in [-0.05, 0) is 38.3 Å². The maximum atomic E-state index is 10.3. The maximum Gasteiger partial charge on any atom is 0.303 e. The van der Waals surface area contributed by atoms with Crippen LogP contribution >= 0.6 is 0 Å². The van der Waals surface area contributed by atoms with E-state index in [0.717, 1.165) is 38.3 Å². The summed E-state index contributed by atoms with van der Waals surface area (Å²) in [5, 5.41) is 12.0. The monoisotopic (exact) mass is 241 g/mol. The third-order valence-corrected chi connectivity index (χ3v) is 3.70. The number of rotatable bonds is 9. The smallest absolute Gasteiger partial charge is 0.303 e. The number of hydrogen-bond acceptors (Lipinski definition) is 2. The molecular weight excluding hydrogens is 214 g/mol. The molecule has 0 unspecified atom stereocenters. The fourth-order valence-electron chi connectivity index (χ4n) is 2.61. The average molecular weight is 241 g/mol. The van der Waals surface area contributed by atoms with Crippen molar-refractivity contribution < 1.29 is 9.90 Å². The van der Waals surface area contributed by atoms with Gasteiger partial charge in [0.15, 0.2) is 0 Å². The molecule has 0 spiro atoms. The first-order chi connectivity index (χ1) is 8.29. The molecule has 0 aromatic rings. The lowest BCUT2D eigenvalue weighted by atomic mass is 9.87. The summed E-state index contributed by atoms with van der Waals surface area (Å²) in [7, 11) is 0. The molecule has 1 saturated carbocycles. The fraction of sp³-hybridized carbons (Fsp3) is 0.929. The van der Waals surface area contributed by atoms with E-state index in [1.54, 1.807) is 0 Å². The summed E-state index contributed by atoms with van der Waals surface area (Å²) in [4.78, 5) is 10.3. The van der Waals surface area contributed by atoms with Crippen LogP contribution in [0, 0.1) is 5.92 Å². The number of carboxylic acid groups (broad SMARTS) is 1. The van der Waals surface area contributed by atoms with Crippen LogP contribution in [0.15, 0.2) is 0 Å². The molecule has 0 bridgehead atoms. The largest absolute Gasteiger partial charge is 0.481 e. The van der Waals surface area contributed by atoms with E-state index in [2.05, 4.69) is 5.32 Å². The van der Waals surface area contributed by atoms with E-state index in [9.17, 15) is 4.79 Å². The van der Waals surface area contributed by atoms with Crippen LogP contribution in [-0.2, 0) is 4.79 Å². The van der Waals surface area contributed by atoms with E-state index < -0.39 is 5.97 Å². The Labute approximate surface area is 105 Å². The molecule has 0 aromatic carbocycles. The van der Waals surface area contributed by atoms with Crippen LogP contribution in [-0.4, -0.2) is 24.2 Å². The highest BCUT2D eigenvalue weighted by atomic mass is 16.4. The molecule has 0 amide bonds. The third kappa shape index (κ3) is 8.19. The Hall–Kier alpha value is -0.570. The normalized spacial score (nSPS) is 17.2. The number of aliphatic carboxylic acids is 1. The highest BCUT2D eigenvalue weighted by Gasteiger charge is 2.12. The van der Waals surface area contributed by atoms with E-state index >= 15 is 0 Å². The summed E-state index contributed by atoms with van der Waals surface area (Å²) < 4.78 is 0. The second kappa shape index (κ2) is 9.46. The van der Waals surface area contributed by atoms with Crippen molar-refractivity contribution in [3.05, 3.63) is 0 Å². The molecular formula is C14H27NO2. The van der Waals surface area contributed by atoms with Gasteiger partial charge in [0.1, 0.15) is 0 Å². The van der Waals surface area contributed by atoms with Gasteiger partial charge in [0.05, 0.1) is 0 Å². The highest BCUT2D eigenvalue weighted by Crippen LogP contribution is 2.25. The number of hydrogen-bond donors (Lipinski definition) is 2. The van der Waals surface area contributed by atoms with Crippen molar-refractivity contribution in [3.63, 3.8) is 0 Å². The Balaban J connectivity index is 1.79. The molecule has 2 N–H and O–H groups in total. The van der Waals surface area contributed by atoms with Gasteiger partial charge in [-0.15, -0.1) is 0 Å². The van der Waals surface area contributed by atoms with Crippen molar-refractivity contribution in [1.82, 2.24) is 5.32 Å². The zero-order chi connectivity index (χ0) is 12.3. The zero-order valence-electron chi connectivity index (χ0n) is 10.9. The standard InChI is InChI=1S/C14H27NO2/c16-14(17)9-5-2-6-11-15-12-10-13-7-3-1-4-8-13/h13,15H,1-12H2,(H,16,17). The van der Waals surface area contributed by atoms with Crippen molar-refractivity contribution in [2.75, 3.05) is 13.1 Å². The van der Waals surface area contributed by atoms with Gasteiger partial charge in [0, 0.05) is 6.42 Å². The van der Waals surface area contributed by atoms with E-state index in [0.29, 0.717) is 6.42 Å². The zero-order valence-corrected chi connectivity index (χ0v) is 10.9. The van der Waals surface area contributed by atoms with E-state index in [-0.39, 0.29) is 0 Å². The van der Waals surface area contributed by atoms with Gasteiger partial charge >= 0.3 is 5.97 Å². The first kappa shape index (κ1) is 14.5. The van der Waals surface area contributed by atoms with Crippen LogP contribution in [0.3, 0.4) is 0 Å². The molecule has 17 heavy (non-hydrogen) atoms. The van der Waals surface area contributed by atoms with Crippen molar-refractivity contribution in [3.8, 4) is 0 Å². The van der Waals surface area contributed by atoms with Crippen LogP contribution in [0.5, 0.6) is 0 Å². The Kier molecular flexibility index (Phi) is 8.06. The van der Waals surface area contributed by atoms with Crippen LogP contribution in [0.2, 0.25) is 0 Å². The molecule has 0 aliphatic heterocycles. The number of unbranched alkanes of at least 4 members (excludes halogenated alkanes) is 2. The summed E-state index contributed by atoms with van der Waals surface area (Å²) in [6, 6.07) is 0. The lowest BCUT2D eigenvalue weighted by Gasteiger charge is -2.21. The predicted molar refractivity (Wildman–Crippen MR) is 70.2 cm³/mol. The summed E-state index contributed by atoms with van der Waals surface area (Å²) in [5.74, 6) is 0.290. The second-order valence-corrected chi connectivity index (χ2v) is 5.25. The van der Waals surface area contributed by atoms with Gasteiger partial charge in [-0.3, -0.25) is 4.79 Å². The Bertz CT molecular complexity index is 200. The molecule has 1 fully saturated rings. The van der Waals surface area contributed by atoms with Crippen LogP contribution in [0.25, 0.3) is 0 Å². The topological polar surface area (TPSA) is 49.3 Å². The lowest BCUT2D eigenvalue weighted by molar-refractivity contribution is -0.137. The number of nitrogens with one attached hydrogen (secondary N) is 1. The molecule has 1 aliphatic rings. The summed E-state index contributed by atoms with van der Waals surface area (Å²) in [6.45, 7) is 2.19. The van der Waals surface area contributed by atoms with Gasteiger partial charge in [-0.25, -0.2) is 0 Å². The van der Waals surface area contributed by atoms with Crippen molar-refractivity contribution >= 4 is 5.97 Å². The number of carbonyl (C=O) groups is 1. The predicted octanol–water partition coefficient (Wildman–Crippen LogP) is 3.19. The second-order valence-electron chi connectivity index (χ2n) is 5.25. The molecule has 3 heteroatoms. The van der Waals surface area contributed by atoms with Gasteiger partial charge in [0.2, 0.25) is 0 Å².